The molecule has 3 aromatic heterocycles. The molecule has 0 aliphatic carbocycles. The topological polar surface area (TPSA) is 64.3 Å². The Labute approximate surface area is 234 Å². The molecule has 0 unspecified atom stereocenters. The second kappa shape index (κ2) is 8.93. The molecule has 0 atom stereocenters. The van der Waals surface area contributed by atoms with Crippen molar-refractivity contribution in [3.8, 4) is 33.9 Å². The lowest BCUT2D eigenvalue weighted by Crippen LogP contribution is -2.14. The molecule has 5 nitrogen and oxygen atoms in total. The maximum absolute atomic E-state index is 14.0. The standard InChI is InChI=1S/C36H21N3O2/c40-34-25-15-7-9-17-31(25)39-32-18-10-8-16-26(32)35(41)28-20-24(19-27(34)33(28)39)30-21-29(22-11-3-1-4-12-22)37-36(38-30)23-13-5-2-6-14-23/h1-21H. The molecule has 0 aliphatic rings. The Morgan fingerprint density at radius 3 is 1.46 bits per heavy atom. The minimum atomic E-state index is -0.109. The number of fused-ring (bicyclic) bond motifs is 4. The van der Waals surface area contributed by atoms with E-state index in [-0.39, 0.29) is 10.9 Å². The van der Waals surface area contributed by atoms with E-state index in [2.05, 4.69) is 0 Å². The highest BCUT2D eigenvalue weighted by Gasteiger charge is 2.19. The van der Waals surface area contributed by atoms with Gasteiger partial charge in [-0.2, -0.15) is 0 Å². The lowest BCUT2D eigenvalue weighted by molar-refractivity contribution is 1.18. The second-order valence-corrected chi connectivity index (χ2v) is 10.1. The van der Waals surface area contributed by atoms with E-state index in [0.717, 1.165) is 27.9 Å². The van der Waals surface area contributed by atoms with Gasteiger partial charge in [0.2, 0.25) is 0 Å². The van der Waals surface area contributed by atoms with Crippen molar-refractivity contribution in [3.05, 3.63) is 148 Å². The summed E-state index contributed by atoms with van der Waals surface area (Å²) in [5.74, 6) is 0.572. The smallest absolute Gasteiger partial charge is 0.197 e. The van der Waals surface area contributed by atoms with Crippen molar-refractivity contribution in [3.63, 3.8) is 0 Å². The molecule has 0 bridgehead atoms. The summed E-state index contributed by atoms with van der Waals surface area (Å²) in [6, 6.07) is 40.6. The molecule has 0 radical (unpaired) electrons. The fraction of sp³-hybridized carbons (Fsp3) is 0. The third kappa shape index (κ3) is 3.56. The molecule has 0 N–H and O–H groups in total. The summed E-state index contributed by atoms with van der Waals surface area (Å²) >= 11 is 0. The zero-order valence-corrected chi connectivity index (χ0v) is 21.8. The quantitative estimate of drug-likeness (QED) is 0.178. The lowest BCUT2D eigenvalue weighted by atomic mass is 9.98. The molecule has 0 amide bonds. The van der Waals surface area contributed by atoms with Crippen molar-refractivity contribution >= 4 is 38.1 Å². The molecule has 0 aliphatic heterocycles. The highest BCUT2D eigenvalue weighted by atomic mass is 16.1. The van der Waals surface area contributed by atoms with E-state index in [1.165, 1.54) is 0 Å². The van der Waals surface area contributed by atoms with Crippen LogP contribution >= 0.6 is 0 Å². The van der Waals surface area contributed by atoms with Gasteiger partial charge in [0.15, 0.2) is 16.7 Å². The predicted molar refractivity (Wildman–Crippen MR) is 166 cm³/mol. The SMILES string of the molecule is O=c1c2ccccc2n2c3ccccc3c(=O)c3cc(-c4cc(-c5ccccc5)nc(-c5ccccc5)n4)cc1c32. The molecular formula is C36H21N3O2. The summed E-state index contributed by atoms with van der Waals surface area (Å²) in [4.78, 5) is 37.7. The summed E-state index contributed by atoms with van der Waals surface area (Å²) in [5, 5.41) is 2.18. The van der Waals surface area contributed by atoms with Crippen molar-refractivity contribution in [2.24, 2.45) is 0 Å². The van der Waals surface area contributed by atoms with Crippen LogP contribution in [-0.2, 0) is 0 Å². The predicted octanol–water partition coefficient (Wildman–Crippen LogP) is 7.35. The first-order chi connectivity index (χ1) is 20.2. The number of rotatable bonds is 3. The average molecular weight is 528 g/mol. The highest BCUT2D eigenvalue weighted by molar-refractivity contribution is 6.09. The summed E-state index contributed by atoms with van der Waals surface area (Å²) < 4.78 is 2.05. The van der Waals surface area contributed by atoms with Crippen LogP contribution in [0.15, 0.2) is 137 Å². The Morgan fingerprint density at radius 2 is 0.902 bits per heavy atom. The van der Waals surface area contributed by atoms with E-state index in [1.54, 1.807) is 0 Å². The number of para-hydroxylation sites is 2. The first-order valence-electron chi connectivity index (χ1n) is 13.4. The fourth-order valence-electron chi connectivity index (χ4n) is 5.82. The molecule has 5 heteroatoms. The lowest BCUT2D eigenvalue weighted by Gasteiger charge is -2.16. The highest BCUT2D eigenvalue weighted by Crippen LogP contribution is 2.33. The first kappa shape index (κ1) is 23.2. The second-order valence-electron chi connectivity index (χ2n) is 10.1. The van der Waals surface area contributed by atoms with Gasteiger partial charge in [-0.25, -0.2) is 9.97 Å². The first-order valence-corrected chi connectivity index (χ1v) is 13.4. The van der Waals surface area contributed by atoms with Crippen LogP contribution in [0.25, 0.3) is 72.0 Å². The monoisotopic (exact) mass is 527 g/mol. The molecule has 8 aromatic rings. The number of hydrogen-bond donors (Lipinski definition) is 0. The molecule has 0 saturated carbocycles. The summed E-state index contributed by atoms with van der Waals surface area (Å²) in [7, 11) is 0. The Morgan fingerprint density at radius 1 is 0.439 bits per heavy atom. The minimum absolute atomic E-state index is 0.109. The van der Waals surface area contributed by atoms with Gasteiger partial charge in [0.05, 0.1) is 27.9 Å². The molecule has 0 spiro atoms. The van der Waals surface area contributed by atoms with E-state index in [0.29, 0.717) is 44.1 Å². The molecule has 41 heavy (non-hydrogen) atoms. The largest absolute Gasteiger partial charge is 0.308 e. The number of nitrogens with zero attached hydrogens (tertiary/aromatic N) is 3. The van der Waals surface area contributed by atoms with E-state index in [9.17, 15) is 9.59 Å². The number of aromatic nitrogens is 3. The maximum atomic E-state index is 14.0. The Balaban J connectivity index is 1.52. The van der Waals surface area contributed by atoms with Crippen LogP contribution in [0.1, 0.15) is 0 Å². The van der Waals surface area contributed by atoms with E-state index < -0.39 is 0 Å². The molecule has 5 aromatic carbocycles. The van der Waals surface area contributed by atoms with Gasteiger partial charge < -0.3 is 4.40 Å². The van der Waals surface area contributed by atoms with Crippen molar-refractivity contribution < 1.29 is 0 Å². The molecule has 3 heterocycles. The number of benzene rings is 5. The Bertz CT molecular complexity index is 2240. The Hall–Kier alpha value is -5.68. The van der Waals surface area contributed by atoms with Crippen LogP contribution in [0.4, 0.5) is 0 Å². The normalized spacial score (nSPS) is 11.6. The van der Waals surface area contributed by atoms with Crippen molar-refractivity contribution in [2.45, 2.75) is 0 Å². The molecule has 8 rings (SSSR count). The van der Waals surface area contributed by atoms with Gasteiger partial charge in [-0.05, 0) is 42.5 Å². The zero-order valence-electron chi connectivity index (χ0n) is 21.8. The van der Waals surface area contributed by atoms with Crippen molar-refractivity contribution in [2.75, 3.05) is 0 Å². The third-order valence-electron chi connectivity index (χ3n) is 7.73. The van der Waals surface area contributed by atoms with Gasteiger partial charge in [-0.15, -0.1) is 0 Å². The molecular weight excluding hydrogens is 506 g/mol. The van der Waals surface area contributed by atoms with Gasteiger partial charge in [-0.1, -0.05) is 84.9 Å². The third-order valence-corrected chi connectivity index (χ3v) is 7.73. The minimum Gasteiger partial charge on any atom is -0.308 e. The van der Waals surface area contributed by atoms with Crippen LogP contribution < -0.4 is 10.9 Å². The van der Waals surface area contributed by atoms with Crippen LogP contribution in [0.5, 0.6) is 0 Å². The molecule has 192 valence electrons. The van der Waals surface area contributed by atoms with Gasteiger partial charge >= 0.3 is 0 Å². The van der Waals surface area contributed by atoms with E-state index in [4.69, 9.17) is 9.97 Å². The number of hydrogen-bond acceptors (Lipinski definition) is 4. The number of pyridine rings is 2. The zero-order chi connectivity index (χ0) is 27.5. The van der Waals surface area contributed by atoms with Gasteiger partial charge in [0.1, 0.15) is 0 Å². The van der Waals surface area contributed by atoms with Crippen molar-refractivity contribution in [1.29, 1.82) is 0 Å². The van der Waals surface area contributed by atoms with Crippen LogP contribution in [0.2, 0.25) is 0 Å². The van der Waals surface area contributed by atoms with Crippen LogP contribution in [-0.4, -0.2) is 14.4 Å². The van der Waals surface area contributed by atoms with Gasteiger partial charge in [-0.3, -0.25) is 9.59 Å². The van der Waals surface area contributed by atoms with Gasteiger partial charge in [0, 0.05) is 38.2 Å². The average Bonchev–Trinajstić information content (AvgIpc) is 3.05. The van der Waals surface area contributed by atoms with Crippen LogP contribution in [0.3, 0.4) is 0 Å². The molecule has 0 saturated heterocycles. The van der Waals surface area contributed by atoms with Crippen molar-refractivity contribution in [1.82, 2.24) is 14.4 Å². The summed E-state index contributed by atoms with van der Waals surface area (Å²) in [6.45, 7) is 0. The maximum Gasteiger partial charge on any atom is 0.197 e. The fourth-order valence-corrected chi connectivity index (χ4v) is 5.82. The molecule has 0 fully saturated rings. The van der Waals surface area contributed by atoms with E-state index >= 15 is 0 Å². The van der Waals surface area contributed by atoms with E-state index in [1.807, 2.05) is 132 Å². The van der Waals surface area contributed by atoms with Crippen LogP contribution in [0, 0.1) is 0 Å². The summed E-state index contributed by atoms with van der Waals surface area (Å²) in [5.41, 5.74) is 5.89. The van der Waals surface area contributed by atoms with Gasteiger partial charge in [0.25, 0.3) is 0 Å². The summed E-state index contributed by atoms with van der Waals surface area (Å²) in [6.07, 6.45) is 0. The Kier molecular flexibility index (Phi) is 5.06.